The van der Waals surface area contributed by atoms with Gasteiger partial charge in [0.15, 0.2) is 0 Å². The van der Waals surface area contributed by atoms with Crippen molar-refractivity contribution in [1.29, 1.82) is 0 Å². The molecule has 0 heterocycles. The van der Waals surface area contributed by atoms with Crippen molar-refractivity contribution in [3.8, 4) is 11.5 Å². The molecule has 0 N–H and O–H groups in total. The smallest absolute Gasteiger partial charge is 0.253 e. The Labute approximate surface area is 166 Å². The normalized spacial score (nSPS) is 10.4. The lowest BCUT2D eigenvalue weighted by atomic mass is 10.1. The average Bonchev–Trinajstić information content (AvgIpc) is 2.74. The summed E-state index contributed by atoms with van der Waals surface area (Å²) >= 11 is 0. The molecule has 4 nitrogen and oxygen atoms in total. The minimum absolute atomic E-state index is 0.0344. The van der Waals surface area contributed by atoms with Crippen molar-refractivity contribution in [2.75, 3.05) is 13.7 Å². The largest absolute Gasteiger partial charge is 0.493 e. The van der Waals surface area contributed by atoms with Gasteiger partial charge in [0.05, 0.1) is 6.61 Å². The average molecular weight is 375 g/mol. The first-order valence-electron chi connectivity index (χ1n) is 9.40. The van der Waals surface area contributed by atoms with Crippen molar-refractivity contribution in [1.82, 2.24) is 4.90 Å². The molecule has 0 aliphatic carbocycles. The molecule has 144 valence electrons. The van der Waals surface area contributed by atoms with Gasteiger partial charge in [0.25, 0.3) is 5.91 Å². The summed E-state index contributed by atoms with van der Waals surface area (Å²) in [6, 6.07) is 25.1. The van der Waals surface area contributed by atoms with Crippen LogP contribution in [0.25, 0.3) is 0 Å². The number of benzene rings is 3. The van der Waals surface area contributed by atoms with Gasteiger partial charge in [-0.2, -0.15) is 0 Å². The molecule has 0 saturated heterocycles. The number of hydrogen-bond donors (Lipinski definition) is 0. The predicted molar refractivity (Wildman–Crippen MR) is 111 cm³/mol. The molecule has 0 aliphatic rings. The molecule has 0 bridgehead atoms. The third-order valence-corrected chi connectivity index (χ3v) is 4.35. The molecule has 0 fully saturated rings. The monoisotopic (exact) mass is 375 g/mol. The van der Waals surface area contributed by atoms with Gasteiger partial charge in [-0.1, -0.05) is 48.5 Å². The Morgan fingerprint density at radius 1 is 0.893 bits per heavy atom. The van der Waals surface area contributed by atoms with Crippen LogP contribution in [-0.4, -0.2) is 24.5 Å². The minimum Gasteiger partial charge on any atom is -0.493 e. The van der Waals surface area contributed by atoms with Crippen molar-refractivity contribution in [3.05, 3.63) is 95.6 Å². The number of amides is 1. The third-order valence-electron chi connectivity index (χ3n) is 4.35. The fourth-order valence-electron chi connectivity index (χ4n) is 2.95. The van der Waals surface area contributed by atoms with E-state index in [4.69, 9.17) is 9.47 Å². The number of nitrogens with zero attached hydrogens (tertiary/aromatic N) is 1. The third kappa shape index (κ3) is 5.13. The number of carbonyl (C=O) groups is 1. The van der Waals surface area contributed by atoms with Crippen molar-refractivity contribution in [3.63, 3.8) is 0 Å². The van der Waals surface area contributed by atoms with E-state index in [1.165, 1.54) is 0 Å². The first-order chi connectivity index (χ1) is 13.7. The van der Waals surface area contributed by atoms with Gasteiger partial charge in [0.2, 0.25) is 0 Å². The van der Waals surface area contributed by atoms with Crippen molar-refractivity contribution in [2.24, 2.45) is 0 Å². The van der Waals surface area contributed by atoms with E-state index in [9.17, 15) is 4.79 Å². The molecule has 1 amide bonds. The molecule has 0 aliphatic heterocycles. The highest BCUT2D eigenvalue weighted by Gasteiger charge is 2.15. The van der Waals surface area contributed by atoms with Crippen LogP contribution in [0.4, 0.5) is 0 Å². The molecular weight excluding hydrogens is 350 g/mol. The maximum atomic E-state index is 12.9. The SMILES string of the molecule is CCOc1ccc(C(=O)N(C)Cc2ccccc2)cc1COc1ccccc1. The molecule has 0 saturated carbocycles. The van der Waals surface area contributed by atoms with Crippen LogP contribution >= 0.6 is 0 Å². The minimum atomic E-state index is -0.0344. The van der Waals surface area contributed by atoms with Gasteiger partial charge in [-0.15, -0.1) is 0 Å². The van der Waals surface area contributed by atoms with Crippen LogP contribution in [0.1, 0.15) is 28.4 Å². The number of rotatable bonds is 8. The lowest BCUT2D eigenvalue weighted by Gasteiger charge is -2.19. The second kappa shape index (κ2) is 9.60. The van der Waals surface area contributed by atoms with Gasteiger partial charge in [0, 0.05) is 24.7 Å². The Bertz CT molecular complexity index is 894. The van der Waals surface area contributed by atoms with Crippen molar-refractivity contribution in [2.45, 2.75) is 20.1 Å². The van der Waals surface area contributed by atoms with Crippen LogP contribution < -0.4 is 9.47 Å². The molecule has 0 spiro atoms. The van der Waals surface area contributed by atoms with E-state index in [0.717, 1.165) is 22.6 Å². The van der Waals surface area contributed by atoms with Crippen molar-refractivity contribution >= 4 is 5.91 Å². The van der Waals surface area contributed by atoms with Gasteiger partial charge < -0.3 is 14.4 Å². The summed E-state index contributed by atoms with van der Waals surface area (Å²) < 4.78 is 11.6. The van der Waals surface area contributed by atoms with E-state index in [1.54, 1.807) is 11.0 Å². The molecule has 4 heteroatoms. The van der Waals surface area contributed by atoms with Gasteiger partial charge in [-0.05, 0) is 42.8 Å². The number of hydrogen-bond acceptors (Lipinski definition) is 3. The quantitative estimate of drug-likeness (QED) is 0.560. The van der Waals surface area contributed by atoms with Crippen LogP contribution in [0.2, 0.25) is 0 Å². The molecule has 3 aromatic carbocycles. The Balaban J connectivity index is 1.76. The van der Waals surface area contributed by atoms with E-state index in [2.05, 4.69) is 0 Å². The molecular formula is C24H25NO3. The topological polar surface area (TPSA) is 38.8 Å². The molecule has 3 aromatic rings. The second-order valence-electron chi connectivity index (χ2n) is 6.50. The van der Waals surface area contributed by atoms with Crippen LogP contribution in [0.5, 0.6) is 11.5 Å². The summed E-state index contributed by atoms with van der Waals surface area (Å²) in [5.74, 6) is 1.48. The Hall–Kier alpha value is -3.27. The first kappa shape index (κ1) is 19.5. The van der Waals surface area contributed by atoms with Crippen LogP contribution in [0.3, 0.4) is 0 Å². The van der Waals surface area contributed by atoms with E-state index in [0.29, 0.717) is 25.3 Å². The zero-order valence-electron chi connectivity index (χ0n) is 16.3. The summed E-state index contributed by atoms with van der Waals surface area (Å²) in [4.78, 5) is 14.6. The number of ether oxygens (including phenoxy) is 2. The van der Waals surface area contributed by atoms with Crippen molar-refractivity contribution < 1.29 is 14.3 Å². The fraction of sp³-hybridized carbons (Fsp3) is 0.208. The Morgan fingerprint density at radius 3 is 2.25 bits per heavy atom. The standard InChI is InChI=1S/C24H25NO3/c1-3-27-23-15-14-20(16-21(23)18-28-22-12-8-5-9-13-22)24(26)25(2)17-19-10-6-4-7-11-19/h4-16H,3,17-18H2,1-2H3. The van der Waals surface area contributed by atoms with E-state index >= 15 is 0 Å². The Kier molecular flexibility index (Phi) is 6.68. The molecule has 0 unspecified atom stereocenters. The maximum Gasteiger partial charge on any atom is 0.253 e. The Morgan fingerprint density at radius 2 is 1.57 bits per heavy atom. The molecule has 3 rings (SSSR count). The van der Waals surface area contributed by atoms with Crippen LogP contribution in [0, 0.1) is 0 Å². The maximum absolute atomic E-state index is 12.9. The molecule has 0 atom stereocenters. The summed E-state index contributed by atoms with van der Waals surface area (Å²) in [7, 11) is 1.81. The summed E-state index contributed by atoms with van der Waals surface area (Å²) in [5, 5.41) is 0. The number of carbonyl (C=O) groups excluding carboxylic acids is 1. The molecule has 28 heavy (non-hydrogen) atoms. The summed E-state index contributed by atoms with van der Waals surface area (Å²) in [6.07, 6.45) is 0. The van der Waals surface area contributed by atoms with E-state index in [-0.39, 0.29) is 5.91 Å². The summed E-state index contributed by atoms with van der Waals surface area (Å²) in [6.45, 7) is 3.39. The molecule has 0 radical (unpaired) electrons. The number of para-hydroxylation sites is 1. The predicted octanol–water partition coefficient (Wildman–Crippen LogP) is 4.94. The highest BCUT2D eigenvalue weighted by molar-refractivity contribution is 5.94. The second-order valence-corrected chi connectivity index (χ2v) is 6.50. The zero-order chi connectivity index (χ0) is 19.8. The summed E-state index contributed by atoms with van der Waals surface area (Å²) in [5.41, 5.74) is 2.56. The highest BCUT2D eigenvalue weighted by Crippen LogP contribution is 2.23. The van der Waals surface area contributed by atoms with Gasteiger partial charge in [-0.25, -0.2) is 0 Å². The van der Waals surface area contributed by atoms with Crippen LogP contribution in [-0.2, 0) is 13.2 Å². The first-order valence-corrected chi connectivity index (χ1v) is 9.40. The fourth-order valence-corrected chi connectivity index (χ4v) is 2.95. The van der Waals surface area contributed by atoms with E-state index < -0.39 is 0 Å². The van der Waals surface area contributed by atoms with Gasteiger partial charge in [0.1, 0.15) is 18.1 Å². The zero-order valence-corrected chi connectivity index (χ0v) is 16.3. The highest BCUT2D eigenvalue weighted by atomic mass is 16.5. The van der Waals surface area contributed by atoms with Crippen LogP contribution in [0.15, 0.2) is 78.9 Å². The molecule has 0 aromatic heterocycles. The van der Waals surface area contributed by atoms with Gasteiger partial charge in [-0.3, -0.25) is 4.79 Å². The lowest BCUT2D eigenvalue weighted by molar-refractivity contribution is 0.0785. The lowest BCUT2D eigenvalue weighted by Crippen LogP contribution is -2.26. The van der Waals surface area contributed by atoms with Gasteiger partial charge >= 0.3 is 0 Å². The van der Waals surface area contributed by atoms with E-state index in [1.807, 2.05) is 86.8 Å².